The Morgan fingerprint density at radius 3 is 2.69 bits per heavy atom. The molecule has 162 valence electrons. The van der Waals surface area contributed by atoms with Gasteiger partial charge in [0.1, 0.15) is 12.9 Å². The van der Waals surface area contributed by atoms with Crippen LogP contribution in [0.25, 0.3) is 0 Å². The summed E-state index contributed by atoms with van der Waals surface area (Å²) < 4.78 is 5.27. The van der Waals surface area contributed by atoms with Gasteiger partial charge in [-0.2, -0.15) is 0 Å². The first-order valence-electron chi connectivity index (χ1n) is 10.8. The fourth-order valence-corrected chi connectivity index (χ4v) is 7.55. The molecule has 8 atom stereocenters. The molecule has 0 heterocycles. The van der Waals surface area contributed by atoms with Crippen molar-refractivity contribution in [1.82, 2.24) is 0 Å². The summed E-state index contributed by atoms with van der Waals surface area (Å²) >= 11 is 0. The predicted octanol–water partition coefficient (Wildman–Crippen LogP) is 4.00. The number of Topliss-reactive ketones (excluding diaryl/α,β-unsaturated/α-hetero) is 1. The van der Waals surface area contributed by atoms with Gasteiger partial charge in [0.2, 0.25) is 0 Å². The van der Waals surface area contributed by atoms with Crippen LogP contribution < -0.4 is 5.73 Å². The number of ketones is 1. The molecule has 3 aliphatic carbocycles. The quantitative estimate of drug-likeness (QED) is 0.293. The Morgan fingerprint density at radius 1 is 1.34 bits per heavy atom. The number of allylic oxidation sites excluding steroid dienone is 4. The van der Waals surface area contributed by atoms with Crippen molar-refractivity contribution in [2.75, 3.05) is 13.3 Å². The van der Waals surface area contributed by atoms with Crippen molar-refractivity contribution < 1.29 is 19.0 Å². The van der Waals surface area contributed by atoms with Crippen LogP contribution in [0.4, 0.5) is 0 Å². The van der Waals surface area contributed by atoms with E-state index in [1.165, 1.54) is 5.57 Å². The van der Waals surface area contributed by atoms with E-state index in [4.69, 9.17) is 10.3 Å². The number of rotatable bonds is 6. The summed E-state index contributed by atoms with van der Waals surface area (Å²) in [6.07, 6.45) is 11.6. The average Bonchev–Trinajstić information content (AvgIpc) is 2.98. The van der Waals surface area contributed by atoms with Gasteiger partial charge in [-0.15, -0.1) is 0 Å². The minimum atomic E-state index is -1.52. The second-order valence-corrected chi connectivity index (χ2v) is 10.8. The van der Waals surface area contributed by atoms with Crippen molar-refractivity contribution in [3.63, 3.8) is 0 Å². The molecule has 3 fully saturated rings. The first-order valence-corrected chi connectivity index (χ1v) is 12.5. The molecule has 0 radical (unpaired) electrons. The minimum Gasteiger partial charge on any atom is -0.350 e. The zero-order chi connectivity index (χ0) is 21.4. The van der Waals surface area contributed by atoms with Gasteiger partial charge >= 0.3 is 0 Å². The minimum absolute atomic E-state index is 0.00246. The lowest BCUT2D eigenvalue weighted by atomic mass is 9.46. The molecule has 0 bridgehead atoms. The predicted molar refractivity (Wildman–Crippen MR) is 116 cm³/mol. The summed E-state index contributed by atoms with van der Waals surface area (Å²) in [5, 5.41) is 0. The van der Waals surface area contributed by atoms with Gasteiger partial charge < -0.3 is 15.2 Å². The number of hydrogen-bond donors (Lipinski definition) is 2. The molecule has 0 aromatic carbocycles. The van der Waals surface area contributed by atoms with Crippen molar-refractivity contribution in [3.8, 4) is 0 Å². The summed E-state index contributed by atoms with van der Waals surface area (Å²) in [6, 6.07) is -0.0201. The lowest BCUT2D eigenvalue weighted by Gasteiger charge is -2.59. The molecular weight excluding hydrogens is 385 g/mol. The Hall–Kier alpha value is -0.870. The molecule has 0 spiro atoms. The normalized spacial score (nSPS) is 44.5. The van der Waals surface area contributed by atoms with Gasteiger partial charge in [-0.25, -0.2) is 0 Å². The van der Waals surface area contributed by atoms with Gasteiger partial charge in [0.05, 0.1) is 0 Å². The maximum atomic E-state index is 12.9. The fourth-order valence-electron chi connectivity index (χ4n) is 7.24. The standard InChI is InChI=1S/C23H36NO4P/c1-5-11-22(2)15(10-12-25)6-7-16-17-8-9-18(20(26)14-28-29(4)27)23(17,3)13-19(24)21(16)22/h5,10-12,16-19,21,27H,6-9,13-14,24H2,1-4H3/b11-5-,15-10-. The zero-order valence-electron chi connectivity index (χ0n) is 18.1. The number of nitrogens with two attached hydrogens (primary N) is 1. The summed E-state index contributed by atoms with van der Waals surface area (Å²) in [5.41, 5.74) is 7.71. The SMILES string of the molecule is C/C=C\C1(C)/C(=C\C=O)CCC2C1C(N)CC1(C)C(C(=O)COP(C)O)CCC21. The van der Waals surface area contributed by atoms with Gasteiger partial charge in [0, 0.05) is 24.0 Å². The molecule has 0 saturated heterocycles. The van der Waals surface area contributed by atoms with Crippen molar-refractivity contribution in [2.24, 2.45) is 40.2 Å². The van der Waals surface area contributed by atoms with Crippen LogP contribution in [0.3, 0.4) is 0 Å². The zero-order valence-corrected chi connectivity index (χ0v) is 19.0. The monoisotopic (exact) mass is 421 g/mol. The molecular formula is C23H36NO4P. The van der Waals surface area contributed by atoms with E-state index in [-0.39, 0.29) is 41.1 Å². The summed E-state index contributed by atoms with van der Waals surface area (Å²) in [6.45, 7) is 8.10. The van der Waals surface area contributed by atoms with E-state index in [0.29, 0.717) is 11.8 Å². The Bertz CT molecular complexity index is 705. The third-order valence-corrected chi connectivity index (χ3v) is 8.72. The summed E-state index contributed by atoms with van der Waals surface area (Å²) in [7, 11) is -1.52. The highest BCUT2D eigenvalue weighted by Crippen LogP contribution is 2.65. The van der Waals surface area contributed by atoms with E-state index >= 15 is 0 Å². The molecule has 6 heteroatoms. The fraction of sp³-hybridized carbons (Fsp3) is 0.739. The molecule has 3 aliphatic rings. The largest absolute Gasteiger partial charge is 0.350 e. The summed E-state index contributed by atoms with van der Waals surface area (Å²) in [4.78, 5) is 33.6. The van der Waals surface area contributed by atoms with Gasteiger partial charge in [-0.3, -0.25) is 9.59 Å². The third kappa shape index (κ3) is 3.92. The number of fused-ring (bicyclic) bond motifs is 3. The van der Waals surface area contributed by atoms with E-state index in [0.717, 1.165) is 38.4 Å². The smallest absolute Gasteiger partial charge is 0.164 e. The average molecular weight is 422 g/mol. The van der Waals surface area contributed by atoms with Crippen LogP contribution in [-0.4, -0.2) is 36.3 Å². The van der Waals surface area contributed by atoms with Crippen molar-refractivity contribution in [2.45, 2.75) is 58.9 Å². The van der Waals surface area contributed by atoms with Crippen LogP contribution in [-0.2, 0) is 14.1 Å². The van der Waals surface area contributed by atoms with Gasteiger partial charge in [0.25, 0.3) is 0 Å². The van der Waals surface area contributed by atoms with Gasteiger partial charge in [-0.1, -0.05) is 31.6 Å². The molecule has 3 N–H and O–H groups in total. The Kier molecular flexibility index (Phi) is 6.85. The highest BCUT2D eigenvalue weighted by Gasteiger charge is 2.61. The van der Waals surface area contributed by atoms with E-state index in [2.05, 4.69) is 26.0 Å². The van der Waals surface area contributed by atoms with Crippen molar-refractivity contribution in [3.05, 3.63) is 23.8 Å². The number of carbonyl (C=O) groups excluding carboxylic acids is 2. The van der Waals surface area contributed by atoms with E-state index in [1.54, 1.807) is 12.7 Å². The molecule has 5 nitrogen and oxygen atoms in total. The van der Waals surface area contributed by atoms with Crippen LogP contribution in [0.1, 0.15) is 52.9 Å². The molecule has 0 aromatic rings. The molecule has 8 unspecified atom stereocenters. The van der Waals surface area contributed by atoms with Crippen LogP contribution in [0.5, 0.6) is 0 Å². The number of hydrogen-bond acceptors (Lipinski definition) is 5. The van der Waals surface area contributed by atoms with Gasteiger partial charge in [0.15, 0.2) is 14.2 Å². The second-order valence-electron chi connectivity index (χ2n) is 9.65. The Morgan fingerprint density at radius 2 is 2.07 bits per heavy atom. The molecule has 0 amide bonds. The van der Waals surface area contributed by atoms with Crippen LogP contribution in [0.2, 0.25) is 0 Å². The Labute approximate surface area is 176 Å². The maximum absolute atomic E-state index is 12.9. The molecule has 3 saturated carbocycles. The first kappa shape index (κ1) is 22.8. The van der Waals surface area contributed by atoms with E-state index < -0.39 is 8.38 Å². The maximum Gasteiger partial charge on any atom is 0.164 e. The third-order valence-electron chi connectivity index (χ3n) is 8.22. The van der Waals surface area contributed by atoms with Crippen LogP contribution in [0, 0.1) is 34.5 Å². The topological polar surface area (TPSA) is 89.6 Å². The molecule has 3 rings (SSSR count). The van der Waals surface area contributed by atoms with Crippen LogP contribution in [0.15, 0.2) is 23.8 Å². The highest BCUT2D eigenvalue weighted by molar-refractivity contribution is 7.45. The Balaban J connectivity index is 1.91. The molecule has 0 aromatic heterocycles. The lowest BCUT2D eigenvalue weighted by Crippen LogP contribution is -2.58. The highest BCUT2D eigenvalue weighted by atomic mass is 31.2. The molecule has 0 aliphatic heterocycles. The van der Waals surface area contributed by atoms with E-state index in [9.17, 15) is 14.5 Å². The first-order chi connectivity index (χ1) is 13.7. The van der Waals surface area contributed by atoms with Crippen molar-refractivity contribution >= 4 is 20.4 Å². The lowest BCUT2D eigenvalue weighted by molar-refractivity contribution is -0.132. The van der Waals surface area contributed by atoms with Crippen LogP contribution >= 0.6 is 8.38 Å². The number of carbonyl (C=O) groups is 2. The van der Waals surface area contributed by atoms with Crippen molar-refractivity contribution in [1.29, 1.82) is 0 Å². The molecule has 29 heavy (non-hydrogen) atoms. The second kappa shape index (κ2) is 8.70. The van der Waals surface area contributed by atoms with E-state index in [1.807, 2.05) is 6.92 Å². The number of aldehydes is 1. The summed E-state index contributed by atoms with van der Waals surface area (Å²) in [5.74, 6) is 1.25. The van der Waals surface area contributed by atoms with Gasteiger partial charge in [-0.05, 0) is 68.3 Å².